The molecule has 0 aromatic carbocycles. The molecular formula is C15H17N7O2S2. The number of anilines is 2. The van der Waals surface area contributed by atoms with Crippen molar-refractivity contribution in [3.63, 3.8) is 0 Å². The van der Waals surface area contributed by atoms with E-state index in [1.54, 1.807) is 11.3 Å². The minimum absolute atomic E-state index is 0.0514. The molecule has 0 bridgehead atoms. The van der Waals surface area contributed by atoms with Crippen LogP contribution >= 0.6 is 22.7 Å². The molecule has 0 radical (unpaired) electrons. The average molecular weight is 391 g/mol. The Balaban J connectivity index is 1.73. The molecule has 9 nitrogen and oxygen atoms in total. The van der Waals surface area contributed by atoms with E-state index in [1.165, 1.54) is 21.7 Å². The molecule has 0 aliphatic heterocycles. The third-order valence-corrected chi connectivity index (χ3v) is 4.52. The van der Waals surface area contributed by atoms with Gasteiger partial charge in [0.2, 0.25) is 16.9 Å². The van der Waals surface area contributed by atoms with Gasteiger partial charge in [0.25, 0.3) is 5.91 Å². The summed E-state index contributed by atoms with van der Waals surface area (Å²) in [6, 6.07) is 4.16. The molecule has 3 aromatic rings. The van der Waals surface area contributed by atoms with Crippen molar-refractivity contribution in [1.82, 2.24) is 25.1 Å². The third-order valence-electron chi connectivity index (χ3n) is 2.97. The van der Waals surface area contributed by atoms with Crippen molar-refractivity contribution in [2.24, 2.45) is 0 Å². The summed E-state index contributed by atoms with van der Waals surface area (Å²) in [4.78, 5) is 26.1. The molecule has 136 valence electrons. The Labute approximate surface area is 157 Å². The van der Waals surface area contributed by atoms with E-state index in [0.29, 0.717) is 11.7 Å². The Hall–Kier alpha value is -2.66. The molecule has 0 unspecified atom stereocenters. The van der Waals surface area contributed by atoms with Crippen molar-refractivity contribution in [1.29, 1.82) is 0 Å². The quantitative estimate of drug-likeness (QED) is 0.602. The number of hydrogen-bond acceptors (Lipinski definition) is 10. The first-order chi connectivity index (χ1) is 12.6. The summed E-state index contributed by atoms with van der Waals surface area (Å²) in [6.07, 6.45) is 0.700. The molecule has 1 amide bonds. The number of carbonyl (C=O) groups is 1. The van der Waals surface area contributed by atoms with E-state index < -0.39 is 5.91 Å². The van der Waals surface area contributed by atoms with Crippen molar-refractivity contribution < 1.29 is 9.53 Å². The lowest BCUT2D eigenvalue weighted by Gasteiger charge is -2.11. The number of nitrogens with one attached hydrogen (secondary N) is 2. The number of hydrogen-bond donors (Lipinski definition) is 2. The molecule has 0 spiro atoms. The van der Waals surface area contributed by atoms with E-state index in [0.717, 1.165) is 6.42 Å². The van der Waals surface area contributed by atoms with E-state index in [1.807, 2.05) is 25.3 Å². The van der Waals surface area contributed by atoms with Gasteiger partial charge in [-0.2, -0.15) is 15.0 Å². The Kier molecular flexibility index (Phi) is 6.02. The second-order valence-electron chi connectivity index (χ2n) is 5.39. The van der Waals surface area contributed by atoms with E-state index in [-0.39, 0.29) is 23.9 Å². The topological polar surface area (TPSA) is 115 Å². The molecule has 2 N–H and O–H groups in total. The molecule has 11 heteroatoms. The summed E-state index contributed by atoms with van der Waals surface area (Å²) in [7, 11) is 0. The van der Waals surface area contributed by atoms with Gasteiger partial charge in [0, 0.05) is 11.4 Å². The molecular weight excluding hydrogens is 374 g/mol. The predicted molar refractivity (Wildman–Crippen MR) is 100.0 cm³/mol. The Morgan fingerprint density at radius 1 is 1.27 bits per heavy atom. The lowest BCUT2D eigenvalue weighted by atomic mass is 10.3. The van der Waals surface area contributed by atoms with Gasteiger partial charge in [0.1, 0.15) is 5.51 Å². The van der Waals surface area contributed by atoms with Gasteiger partial charge in [0.05, 0.1) is 6.10 Å². The standard InChI is InChI=1S/C15H17N7O2S2/c1-9(2)24-14-19-11(12(23)20-15-22-17-8-26-15)18-13(21-14)16-6-5-10-4-3-7-25-10/h3-4,7-9H,5-6H2,1-2H3,(H,20,22,23)(H,16,18,19,21). The van der Waals surface area contributed by atoms with Crippen molar-refractivity contribution in [2.45, 2.75) is 26.4 Å². The van der Waals surface area contributed by atoms with Gasteiger partial charge in [-0.05, 0) is 31.7 Å². The minimum Gasteiger partial charge on any atom is -0.461 e. The summed E-state index contributed by atoms with van der Waals surface area (Å²) >= 11 is 2.89. The Morgan fingerprint density at radius 3 is 2.85 bits per heavy atom. The minimum atomic E-state index is -0.501. The number of carbonyl (C=O) groups excluding carboxylic acids is 1. The first kappa shape index (κ1) is 18.1. The van der Waals surface area contributed by atoms with Crippen LogP contribution in [-0.2, 0) is 6.42 Å². The van der Waals surface area contributed by atoms with Crippen LogP contribution in [0.5, 0.6) is 6.01 Å². The molecule has 3 rings (SSSR count). The van der Waals surface area contributed by atoms with Gasteiger partial charge in [0.15, 0.2) is 0 Å². The number of amides is 1. The number of aromatic nitrogens is 5. The third kappa shape index (κ3) is 5.17. The summed E-state index contributed by atoms with van der Waals surface area (Å²) in [5, 5.41) is 15.6. The normalized spacial score (nSPS) is 10.7. The summed E-state index contributed by atoms with van der Waals surface area (Å²) in [5.74, 6) is -0.266. The molecule has 3 aromatic heterocycles. The molecule has 0 aliphatic rings. The van der Waals surface area contributed by atoms with Gasteiger partial charge in [-0.25, -0.2) is 0 Å². The van der Waals surface area contributed by atoms with Crippen LogP contribution in [0.4, 0.5) is 11.1 Å². The van der Waals surface area contributed by atoms with Gasteiger partial charge in [-0.15, -0.1) is 21.5 Å². The largest absolute Gasteiger partial charge is 0.461 e. The predicted octanol–water partition coefficient (Wildman–Crippen LogP) is 2.48. The van der Waals surface area contributed by atoms with Crippen LogP contribution in [0.3, 0.4) is 0 Å². The first-order valence-corrected chi connectivity index (χ1v) is 9.62. The monoisotopic (exact) mass is 391 g/mol. The molecule has 0 saturated heterocycles. The molecule has 0 aliphatic carbocycles. The van der Waals surface area contributed by atoms with E-state index in [9.17, 15) is 4.79 Å². The Morgan fingerprint density at radius 2 is 2.15 bits per heavy atom. The number of ether oxygens (including phenoxy) is 1. The van der Waals surface area contributed by atoms with Gasteiger partial charge >= 0.3 is 6.01 Å². The highest BCUT2D eigenvalue weighted by atomic mass is 32.1. The first-order valence-electron chi connectivity index (χ1n) is 7.86. The van der Waals surface area contributed by atoms with Crippen LogP contribution in [0.1, 0.15) is 29.3 Å². The maximum Gasteiger partial charge on any atom is 0.322 e. The number of thiophene rings is 1. The summed E-state index contributed by atoms with van der Waals surface area (Å²) in [5.41, 5.74) is 1.52. The lowest BCUT2D eigenvalue weighted by molar-refractivity contribution is 0.101. The van der Waals surface area contributed by atoms with Crippen LogP contribution < -0.4 is 15.4 Å². The highest BCUT2D eigenvalue weighted by molar-refractivity contribution is 7.13. The van der Waals surface area contributed by atoms with Gasteiger partial charge < -0.3 is 10.1 Å². The van der Waals surface area contributed by atoms with Crippen LogP contribution in [-0.4, -0.2) is 43.7 Å². The fourth-order valence-corrected chi connectivity index (χ4v) is 3.08. The molecule has 0 atom stereocenters. The fourth-order valence-electron chi connectivity index (χ4n) is 1.93. The maximum absolute atomic E-state index is 12.4. The maximum atomic E-state index is 12.4. The van der Waals surface area contributed by atoms with Crippen molar-refractivity contribution in [3.05, 3.63) is 33.7 Å². The second-order valence-corrected chi connectivity index (χ2v) is 7.25. The molecule has 26 heavy (non-hydrogen) atoms. The fraction of sp³-hybridized carbons (Fsp3) is 0.333. The summed E-state index contributed by atoms with van der Waals surface area (Å²) in [6.45, 7) is 4.34. The molecule has 0 fully saturated rings. The van der Waals surface area contributed by atoms with Crippen molar-refractivity contribution in [3.8, 4) is 6.01 Å². The van der Waals surface area contributed by atoms with Crippen LogP contribution in [0, 0.1) is 0 Å². The SMILES string of the molecule is CC(C)Oc1nc(NCCc2cccs2)nc(C(=O)Nc2nncs2)n1. The second kappa shape index (κ2) is 8.63. The number of nitrogens with zero attached hydrogens (tertiary/aromatic N) is 5. The zero-order chi connectivity index (χ0) is 18.4. The van der Waals surface area contributed by atoms with Gasteiger partial charge in [-0.3, -0.25) is 10.1 Å². The van der Waals surface area contributed by atoms with Crippen molar-refractivity contribution >= 4 is 39.7 Å². The van der Waals surface area contributed by atoms with Crippen LogP contribution in [0.2, 0.25) is 0 Å². The number of rotatable bonds is 8. The smallest absolute Gasteiger partial charge is 0.322 e. The van der Waals surface area contributed by atoms with Gasteiger partial charge in [-0.1, -0.05) is 17.4 Å². The zero-order valence-corrected chi connectivity index (χ0v) is 15.8. The van der Waals surface area contributed by atoms with E-state index in [4.69, 9.17) is 4.74 Å². The van der Waals surface area contributed by atoms with E-state index in [2.05, 4.69) is 41.8 Å². The molecule has 3 heterocycles. The Bertz CT molecular complexity index is 838. The summed E-state index contributed by atoms with van der Waals surface area (Å²) < 4.78 is 5.53. The zero-order valence-electron chi connectivity index (χ0n) is 14.2. The average Bonchev–Trinajstić information content (AvgIpc) is 3.28. The molecule has 0 saturated carbocycles. The highest BCUT2D eigenvalue weighted by Gasteiger charge is 2.16. The van der Waals surface area contributed by atoms with E-state index >= 15 is 0 Å². The van der Waals surface area contributed by atoms with Crippen LogP contribution in [0.25, 0.3) is 0 Å². The van der Waals surface area contributed by atoms with Crippen molar-refractivity contribution in [2.75, 3.05) is 17.2 Å². The van der Waals surface area contributed by atoms with Crippen LogP contribution in [0.15, 0.2) is 23.0 Å². The highest BCUT2D eigenvalue weighted by Crippen LogP contribution is 2.14. The lowest BCUT2D eigenvalue weighted by Crippen LogP contribution is -2.20.